The highest BCUT2D eigenvalue weighted by molar-refractivity contribution is 6.33. The van der Waals surface area contributed by atoms with Gasteiger partial charge in [0.1, 0.15) is 6.54 Å². The second-order valence-corrected chi connectivity index (χ2v) is 6.21. The van der Waals surface area contributed by atoms with Crippen LogP contribution >= 0.6 is 11.6 Å². The van der Waals surface area contributed by atoms with Gasteiger partial charge < -0.3 is 10.1 Å². The number of Topliss-reactive ketones (excluding diaryl/α,β-unsaturated/α-hetero) is 2. The Balaban J connectivity index is 2.39. The van der Waals surface area contributed by atoms with Crippen molar-refractivity contribution in [3.05, 3.63) is 34.3 Å². The van der Waals surface area contributed by atoms with E-state index in [1.54, 1.807) is 26.0 Å². The monoisotopic (exact) mass is 337 g/mol. The summed E-state index contributed by atoms with van der Waals surface area (Å²) in [6.45, 7) is 2.89. The summed E-state index contributed by atoms with van der Waals surface area (Å²) in [5.74, 6) is -4.12. The summed E-state index contributed by atoms with van der Waals surface area (Å²) in [7, 11) is 1.17. The Morgan fingerprint density at radius 3 is 2.57 bits per heavy atom. The summed E-state index contributed by atoms with van der Waals surface area (Å²) in [5, 5.41) is 2.60. The van der Waals surface area contributed by atoms with Gasteiger partial charge in [-0.2, -0.15) is 0 Å². The molecule has 1 N–H and O–H groups in total. The fourth-order valence-electron chi connectivity index (χ4n) is 2.61. The molecule has 0 heterocycles. The van der Waals surface area contributed by atoms with Gasteiger partial charge in [-0.25, -0.2) is 0 Å². The molecule has 1 aromatic rings. The van der Waals surface area contributed by atoms with Crippen LogP contribution in [-0.2, 0) is 24.5 Å². The van der Waals surface area contributed by atoms with Crippen molar-refractivity contribution in [3.8, 4) is 0 Å². The number of ether oxygens (including phenoxy) is 1. The summed E-state index contributed by atoms with van der Waals surface area (Å²) in [5.41, 5.74) is -0.226. The first-order chi connectivity index (χ1) is 10.7. The molecule has 0 saturated heterocycles. The number of halogens is 1. The highest BCUT2D eigenvalue weighted by Crippen LogP contribution is 2.38. The average molecular weight is 338 g/mol. The zero-order valence-electron chi connectivity index (χ0n) is 12.9. The number of amides is 1. The summed E-state index contributed by atoms with van der Waals surface area (Å²) in [4.78, 5) is 48.5. The van der Waals surface area contributed by atoms with E-state index in [-0.39, 0.29) is 5.56 Å². The maximum absolute atomic E-state index is 12.6. The average Bonchev–Trinajstić information content (AvgIpc) is 2.50. The van der Waals surface area contributed by atoms with Crippen LogP contribution in [0.4, 0.5) is 0 Å². The van der Waals surface area contributed by atoms with E-state index >= 15 is 0 Å². The van der Waals surface area contributed by atoms with Gasteiger partial charge in [-0.15, -0.1) is 0 Å². The maximum Gasteiger partial charge on any atom is 0.325 e. The lowest BCUT2D eigenvalue weighted by atomic mass is 9.66. The molecule has 0 aliphatic heterocycles. The van der Waals surface area contributed by atoms with Gasteiger partial charge in [-0.1, -0.05) is 17.7 Å². The molecule has 1 unspecified atom stereocenters. The van der Waals surface area contributed by atoms with Gasteiger partial charge in [0.15, 0.2) is 17.5 Å². The van der Waals surface area contributed by atoms with E-state index in [9.17, 15) is 19.2 Å². The summed E-state index contributed by atoms with van der Waals surface area (Å²) in [6.07, 6.45) is 0. The Hall–Kier alpha value is -2.21. The largest absolute Gasteiger partial charge is 0.468 e. The van der Waals surface area contributed by atoms with Crippen molar-refractivity contribution < 1.29 is 23.9 Å². The number of hydrogen-bond donors (Lipinski definition) is 1. The SMILES string of the molecule is COC(=O)CNC(=O)C1C(=O)c2cc(Cl)ccc2C(C)(C)C1=O. The normalized spacial score (nSPS) is 19.0. The Morgan fingerprint density at radius 1 is 1.30 bits per heavy atom. The first-order valence-electron chi connectivity index (χ1n) is 6.93. The molecule has 0 fully saturated rings. The van der Waals surface area contributed by atoms with Crippen LogP contribution in [0, 0.1) is 5.92 Å². The van der Waals surface area contributed by atoms with Crippen molar-refractivity contribution >= 4 is 35.0 Å². The van der Waals surface area contributed by atoms with Crippen LogP contribution < -0.4 is 5.32 Å². The van der Waals surface area contributed by atoms with Crippen molar-refractivity contribution in [2.45, 2.75) is 19.3 Å². The fourth-order valence-corrected chi connectivity index (χ4v) is 2.78. The van der Waals surface area contributed by atoms with Gasteiger partial charge in [-0.05, 0) is 31.5 Å². The van der Waals surface area contributed by atoms with Gasteiger partial charge in [0.25, 0.3) is 0 Å². The van der Waals surface area contributed by atoms with E-state index in [2.05, 4.69) is 10.1 Å². The molecule has 23 heavy (non-hydrogen) atoms. The number of carbonyl (C=O) groups is 4. The lowest BCUT2D eigenvalue weighted by molar-refractivity contribution is -0.143. The second-order valence-electron chi connectivity index (χ2n) is 5.77. The molecule has 0 saturated carbocycles. The fraction of sp³-hybridized carbons (Fsp3) is 0.375. The topological polar surface area (TPSA) is 89.5 Å². The molecule has 1 amide bonds. The predicted octanol–water partition coefficient (Wildman–Crippen LogP) is 1.29. The Labute approximate surface area is 138 Å². The zero-order valence-corrected chi connectivity index (χ0v) is 13.7. The van der Waals surface area contributed by atoms with Crippen molar-refractivity contribution in [3.63, 3.8) is 0 Å². The lowest BCUT2D eigenvalue weighted by Crippen LogP contribution is -2.51. The number of esters is 1. The van der Waals surface area contributed by atoms with Gasteiger partial charge in [0.05, 0.1) is 12.5 Å². The van der Waals surface area contributed by atoms with Crippen LogP contribution in [-0.4, -0.2) is 37.1 Å². The number of fused-ring (bicyclic) bond motifs is 1. The summed E-state index contributed by atoms with van der Waals surface area (Å²) < 4.78 is 4.41. The van der Waals surface area contributed by atoms with E-state index in [1.165, 1.54) is 13.2 Å². The molecule has 1 atom stereocenters. The Kier molecular flexibility index (Phi) is 4.56. The quantitative estimate of drug-likeness (QED) is 0.663. The van der Waals surface area contributed by atoms with Crippen LogP contribution in [0.2, 0.25) is 5.02 Å². The number of rotatable bonds is 3. The Bertz CT molecular complexity index is 710. The van der Waals surface area contributed by atoms with Crippen LogP contribution in [0.25, 0.3) is 0 Å². The molecule has 6 nitrogen and oxygen atoms in total. The lowest BCUT2D eigenvalue weighted by Gasteiger charge is -2.34. The van der Waals surface area contributed by atoms with Crippen LogP contribution in [0.5, 0.6) is 0 Å². The number of carbonyl (C=O) groups excluding carboxylic acids is 4. The molecule has 2 rings (SSSR count). The molecular weight excluding hydrogens is 322 g/mol. The smallest absolute Gasteiger partial charge is 0.325 e. The van der Waals surface area contributed by atoms with Gasteiger partial charge in [0, 0.05) is 10.6 Å². The summed E-state index contributed by atoms with van der Waals surface area (Å²) in [6, 6.07) is 4.67. The highest BCUT2D eigenvalue weighted by atomic mass is 35.5. The van der Waals surface area contributed by atoms with Crippen molar-refractivity contribution in [1.29, 1.82) is 0 Å². The van der Waals surface area contributed by atoms with E-state index in [0.717, 1.165) is 0 Å². The molecule has 1 aliphatic carbocycles. The standard InChI is InChI=1S/C16H16ClNO5/c1-16(2)10-5-4-8(17)6-9(10)13(20)12(14(16)21)15(22)18-7-11(19)23-3/h4-6,12H,7H2,1-3H3,(H,18,22). The molecular formula is C16H16ClNO5. The molecule has 0 aromatic heterocycles. The molecule has 0 radical (unpaired) electrons. The van der Waals surface area contributed by atoms with Crippen molar-refractivity contribution in [1.82, 2.24) is 5.32 Å². The zero-order chi connectivity index (χ0) is 17.4. The van der Waals surface area contributed by atoms with Crippen LogP contribution in [0.3, 0.4) is 0 Å². The molecule has 122 valence electrons. The molecule has 0 spiro atoms. The van der Waals surface area contributed by atoms with E-state index < -0.39 is 41.3 Å². The number of nitrogens with one attached hydrogen (secondary N) is 1. The van der Waals surface area contributed by atoms with Crippen molar-refractivity contribution in [2.75, 3.05) is 13.7 Å². The second kappa shape index (κ2) is 6.12. The Morgan fingerprint density at radius 2 is 1.96 bits per heavy atom. The number of methoxy groups -OCH3 is 1. The third kappa shape index (κ3) is 2.99. The van der Waals surface area contributed by atoms with Crippen LogP contribution in [0.1, 0.15) is 29.8 Å². The molecule has 1 aliphatic rings. The molecule has 0 bridgehead atoms. The first kappa shape index (κ1) is 17.1. The number of benzene rings is 1. The molecule has 7 heteroatoms. The van der Waals surface area contributed by atoms with E-state index in [4.69, 9.17) is 11.6 Å². The minimum atomic E-state index is -1.50. The van der Waals surface area contributed by atoms with E-state index in [1.807, 2.05) is 0 Å². The minimum absolute atomic E-state index is 0.250. The minimum Gasteiger partial charge on any atom is -0.468 e. The van der Waals surface area contributed by atoms with Gasteiger partial charge in [-0.3, -0.25) is 19.2 Å². The van der Waals surface area contributed by atoms with Crippen LogP contribution in [0.15, 0.2) is 18.2 Å². The number of hydrogen-bond acceptors (Lipinski definition) is 5. The van der Waals surface area contributed by atoms with E-state index in [0.29, 0.717) is 10.6 Å². The highest BCUT2D eigenvalue weighted by Gasteiger charge is 2.49. The van der Waals surface area contributed by atoms with Crippen molar-refractivity contribution in [2.24, 2.45) is 5.92 Å². The van der Waals surface area contributed by atoms with Gasteiger partial charge in [0.2, 0.25) is 5.91 Å². The predicted molar refractivity (Wildman–Crippen MR) is 82.3 cm³/mol. The van der Waals surface area contributed by atoms with Gasteiger partial charge >= 0.3 is 5.97 Å². The first-order valence-corrected chi connectivity index (χ1v) is 7.31. The third-order valence-corrected chi connectivity index (χ3v) is 4.19. The maximum atomic E-state index is 12.6. The summed E-state index contributed by atoms with van der Waals surface area (Å²) >= 11 is 5.92. The number of ketones is 2. The molecule has 1 aromatic carbocycles. The third-order valence-electron chi connectivity index (χ3n) is 3.96.